The molecule has 0 aliphatic heterocycles. The molecule has 0 heterocycles. The largest absolute Gasteiger partial charge is 0.496 e. The third kappa shape index (κ3) is 4.71. The Morgan fingerprint density at radius 1 is 1.50 bits per heavy atom. The number of hydrogen-bond donors (Lipinski definition) is 4. The van der Waals surface area contributed by atoms with Gasteiger partial charge in [0.05, 0.1) is 13.2 Å². The third-order valence-corrected chi connectivity index (χ3v) is 3.12. The molecule has 1 atom stereocenters. The molecule has 0 amide bonds. The number of benzene rings is 1. The zero-order chi connectivity index (χ0) is 15.0. The van der Waals surface area contributed by atoms with Crippen molar-refractivity contribution in [2.45, 2.75) is 32.4 Å². The zero-order valence-corrected chi connectivity index (χ0v) is 12.0. The average Bonchev–Trinajstić information content (AvgIpc) is 2.50. The highest BCUT2D eigenvalue weighted by molar-refractivity contribution is 5.97. The summed E-state index contributed by atoms with van der Waals surface area (Å²) in [5, 5.41) is 24.4. The molecule has 20 heavy (non-hydrogen) atoms. The third-order valence-electron chi connectivity index (χ3n) is 3.12. The Morgan fingerprint density at radius 3 is 2.85 bits per heavy atom. The highest BCUT2D eigenvalue weighted by Gasteiger charge is 2.07. The number of nitrogens with one attached hydrogen (secondary N) is 1. The fourth-order valence-electron chi connectivity index (χ4n) is 1.83. The number of nitrogens with two attached hydrogens (primary N) is 1. The molecule has 0 saturated heterocycles. The van der Waals surface area contributed by atoms with Crippen LogP contribution in [0.25, 0.3) is 0 Å². The lowest BCUT2D eigenvalue weighted by Crippen LogP contribution is -2.20. The highest BCUT2D eigenvalue weighted by Crippen LogP contribution is 2.19. The number of rotatable bonds is 8. The number of hydrogen-bond acceptors (Lipinski definition) is 5. The van der Waals surface area contributed by atoms with Crippen molar-refractivity contribution < 1.29 is 15.1 Å². The number of amidine groups is 1. The maximum Gasteiger partial charge on any atom is 0.170 e. The van der Waals surface area contributed by atoms with E-state index in [1.807, 2.05) is 13.0 Å². The van der Waals surface area contributed by atoms with Gasteiger partial charge in [-0.1, -0.05) is 12.1 Å². The molecule has 112 valence electrons. The molecule has 0 radical (unpaired) electrons. The molecule has 5 N–H and O–H groups in total. The smallest absolute Gasteiger partial charge is 0.170 e. The summed E-state index contributed by atoms with van der Waals surface area (Å²) in [6.45, 7) is 3.26. The van der Waals surface area contributed by atoms with Gasteiger partial charge in [-0.2, -0.15) is 0 Å². The first-order chi connectivity index (χ1) is 9.62. The highest BCUT2D eigenvalue weighted by atomic mass is 16.5. The van der Waals surface area contributed by atoms with Crippen molar-refractivity contribution in [1.82, 2.24) is 5.32 Å². The van der Waals surface area contributed by atoms with Crippen LogP contribution in [0, 0.1) is 0 Å². The van der Waals surface area contributed by atoms with Gasteiger partial charge in [-0.25, -0.2) is 0 Å². The second-order valence-corrected chi connectivity index (χ2v) is 4.54. The number of ether oxygens (including phenoxy) is 1. The van der Waals surface area contributed by atoms with Gasteiger partial charge in [0.1, 0.15) is 5.75 Å². The van der Waals surface area contributed by atoms with Gasteiger partial charge >= 0.3 is 0 Å². The van der Waals surface area contributed by atoms with E-state index in [0.29, 0.717) is 25.1 Å². The summed E-state index contributed by atoms with van der Waals surface area (Å²) in [5.41, 5.74) is 7.13. The number of nitrogens with zero attached hydrogens (tertiary/aromatic N) is 1. The van der Waals surface area contributed by atoms with Crippen molar-refractivity contribution in [1.29, 1.82) is 0 Å². The molecule has 1 aromatic rings. The van der Waals surface area contributed by atoms with Crippen LogP contribution in [-0.2, 0) is 6.54 Å². The van der Waals surface area contributed by atoms with Gasteiger partial charge in [0.2, 0.25) is 0 Å². The van der Waals surface area contributed by atoms with E-state index in [-0.39, 0.29) is 11.9 Å². The van der Waals surface area contributed by atoms with E-state index in [1.54, 1.807) is 19.2 Å². The fourth-order valence-corrected chi connectivity index (χ4v) is 1.83. The van der Waals surface area contributed by atoms with Gasteiger partial charge in [-0.15, -0.1) is 0 Å². The molecule has 0 bridgehead atoms. The van der Waals surface area contributed by atoms with Crippen LogP contribution in [0.2, 0.25) is 0 Å². The van der Waals surface area contributed by atoms with Gasteiger partial charge in [-0.3, -0.25) is 0 Å². The molecule has 0 aromatic heterocycles. The monoisotopic (exact) mass is 281 g/mol. The summed E-state index contributed by atoms with van der Waals surface area (Å²) < 4.78 is 5.28. The molecule has 1 rings (SSSR count). The average molecular weight is 281 g/mol. The molecule has 0 saturated carbocycles. The van der Waals surface area contributed by atoms with Gasteiger partial charge in [0.25, 0.3) is 0 Å². The van der Waals surface area contributed by atoms with Crippen molar-refractivity contribution in [2.75, 3.05) is 13.7 Å². The molecule has 6 nitrogen and oxygen atoms in total. The van der Waals surface area contributed by atoms with Crippen LogP contribution >= 0.6 is 0 Å². The topological polar surface area (TPSA) is 100 Å². The molecule has 6 heteroatoms. The van der Waals surface area contributed by atoms with Gasteiger partial charge in [-0.05, 0) is 37.6 Å². The summed E-state index contributed by atoms with van der Waals surface area (Å²) >= 11 is 0. The summed E-state index contributed by atoms with van der Waals surface area (Å²) in [6.07, 6.45) is 1.19. The fraction of sp³-hybridized carbons (Fsp3) is 0.500. The van der Waals surface area contributed by atoms with Crippen LogP contribution in [0.15, 0.2) is 23.4 Å². The first-order valence-corrected chi connectivity index (χ1v) is 6.66. The van der Waals surface area contributed by atoms with Crippen molar-refractivity contribution >= 4 is 5.84 Å². The Kier molecular flexibility index (Phi) is 6.83. The van der Waals surface area contributed by atoms with Crippen LogP contribution in [0.3, 0.4) is 0 Å². The van der Waals surface area contributed by atoms with E-state index in [0.717, 1.165) is 17.7 Å². The van der Waals surface area contributed by atoms with Crippen LogP contribution in [0.1, 0.15) is 30.9 Å². The number of aliphatic hydroxyl groups excluding tert-OH is 1. The van der Waals surface area contributed by atoms with Crippen molar-refractivity contribution in [2.24, 2.45) is 10.9 Å². The van der Waals surface area contributed by atoms with Gasteiger partial charge in [0, 0.05) is 17.7 Å². The van der Waals surface area contributed by atoms with E-state index < -0.39 is 0 Å². The normalized spacial score (nSPS) is 13.2. The summed E-state index contributed by atoms with van der Waals surface area (Å²) in [6, 6.07) is 5.33. The molecule has 1 aromatic carbocycles. The predicted octanol–water partition coefficient (Wildman–Crippen LogP) is 1.04. The maximum absolute atomic E-state index is 9.48. The van der Waals surface area contributed by atoms with E-state index in [4.69, 9.17) is 15.7 Å². The van der Waals surface area contributed by atoms with E-state index >= 15 is 0 Å². The minimum Gasteiger partial charge on any atom is -0.496 e. The Labute approximate surface area is 119 Å². The van der Waals surface area contributed by atoms with Crippen molar-refractivity contribution in [3.05, 3.63) is 29.3 Å². The molecule has 0 aliphatic rings. The first kappa shape index (κ1) is 16.3. The second kappa shape index (κ2) is 8.39. The molecule has 0 aliphatic carbocycles. The van der Waals surface area contributed by atoms with Crippen LogP contribution in [0.4, 0.5) is 0 Å². The van der Waals surface area contributed by atoms with E-state index in [2.05, 4.69) is 10.5 Å². The standard InChI is InChI=1S/C14H23N3O3/c1-3-12(18)6-7-16-9-11-8-10(14(15)17-19)4-5-13(11)20-2/h4-5,8,12,16,18-19H,3,6-7,9H2,1-2H3,(H2,15,17). The number of oxime groups is 1. The molecule has 0 spiro atoms. The van der Waals surface area contributed by atoms with Crippen molar-refractivity contribution in [3.63, 3.8) is 0 Å². The quantitative estimate of drug-likeness (QED) is 0.187. The Bertz CT molecular complexity index is 449. The van der Waals surface area contributed by atoms with Gasteiger partial charge < -0.3 is 26.1 Å². The minimum absolute atomic E-state index is 0.0651. The second-order valence-electron chi connectivity index (χ2n) is 4.54. The number of methoxy groups -OCH3 is 1. The summed E-state index contributed by atoms with van der Waals surface area (Å²) in [5.74, 6) is 0.804. The maximum atomic E-state index is 9.48. The van der Waals surface area contributed by atoms with Crippen LogP contribution in [-0.4, -0.2) is 35.9 Å². The van der Waals surface area contributed by atoms with Gasteiger partial charge in [0.15, 0.2) is 5.84 Å². The lowest BCUT2D eigenvalue weighted by atomic mass is 10.1. The Hall–Kier alpha value is -1.79. The predicted molar refractivity (Wildman–Crippen MR) is 78.1 cm³/mol. The lowest BCUT2D eigenvalue weighted by Gasteiger charge is -2.12. The number of aliphatic hydroxyl groups is 1. The molecular formula is C14H23N3O3. The van der Waals surface area contributed by atoms with Crippen LogP contribution in [0.5, 0.6) is 5.75 Å². The zero-order valence-electron chi connectivity index (χ0n) is 12.0. The first-order valence-electron chi connectivity index (χ1n) is 6.66. The Morgan fingerprint density at radius 2 is 2.25 bits per heavy atom. The lowest BCUT2D eigenvalue weighted by molar-refractivity contribution is 0.159. The Balaban J connectivity index is 2.67. The SMILES string of the molecule is CCC(O)CCNCc1cc(/C(N)=N/O)ccc1OC. The van der Waals surface area contributed by atoms with Crippen LogP contribution < -0.4 is 15.8 Å². The van der Waals surface area contributed by atoms with Crippen molar-refractivity contribution in [3.8, 4) is 5.75 Å². The molecule has 1 unspecified atom stereocenters. The minimum atomic E-state index is -0.270. The summed E-state index contributed by atoms with van der Waals surface area (Å²) in [7, 11) is 1.60. The summed E-state index contributed by atoms with van der Waals surface area (Å²) in [4.78, 5) is 0. The van der Waals surface area contributed by atoms with E-state index in [9.17, 15) is 5.11 Å². The molecular weight excluding hydrogens is 258 g/mol. The van der Waals surface area contributed by atoms with E-state index in [1.165, 1.54) is 0 Å². The molecule has 0 fully saturated rings.